The van der Waals surface area contributed by atoms with Gasteiger partial charge in [-0.15, -0.1) is 4.36 Å². The summed E-state index contributed by atoms with van der Waals surface area (Å²) < 4.78 is 33.9. The summed E-state index contributed by atoms with van der Waals surface area (Å²) in [5.41, 5.74) is 3.39. The van der Waals surface area contributed by atoms with Crippen molar-refractivity contribution in [2.24, 2.45) is 28.0 Å². The van der Waals surface area contributed by atoms with Gasteiger partial charge < -0.3 is 24.8 Å². The number of nitrogens with zero attached hydrogens (tertiary/aromatic N) is 2. The molecule has 2 saturated carbocycles. The van der Waals surface area contributed by atoms with Crippen LogP contribution in [-0.2, 0) is 26.5 Å². The van der Waals surface area contributed by atoms with Gasteiger partial charge in [-0.3, -0.25) is 9.52 Å². The average molecular weight is 725 g/mol. The van der Waals surface area contributed by atoms with Crippen molar-refractivity contribution >= 4 is 39.1 Å². The number of halogens is 1. The molecule has 1 spiro atoms. The summed E-state index contributed by atoms with van der Waals surface area (Å²) in [6.07, 6.45) is 11.2. The van der Waals surface area contributed by atoms with Gasteiger partial charge in [-0.1, -0.05) is 36.7 Å². The molecular formula is C38H49ClN4O6S. The molecule has 3 aliphatic carbocycles. The lowest BCUT2D eigenvalue weighted by Gasteiger charge is -2.46. The van der Waals surface area contributed by atoms with Crippen molar-refractivity contribution in [1.82, 2.24) is 10.0 Å². The van der Waals surface area contributed by atoms with Crippen molar-refractivity contribution in [3.05, 3.63) is 70.3 Å². The van der Waals surface area contributed by atoms with Crippen LogP contribution in [0.15, 0.2) is 52.9 Å². The van der Waals surface area contributed by atoms with Gasteiger partial charge in [0, 0.05) is 48.8 Å². The first kappa shape index (κ1) is 35.3. The maximum absolute atomic E-state index is 14.4. The highest BCUT2D eigenvalue weighted by Gasteiger charge is 2.44. The van der Waals surface area contributed by atoms with Gasteiger partial charge in [-0.05, 0) is 116 Å². The summed E-state index contributed by atoms with van der Waals surface area (Å²) in [6.45, 7) is 4.02. The normalized spacial score (nSPS) is 34.4. The van der Waals surface area contributed by atoms with Crippen molar-refractivity contribution in [1.29, 1.82) is 0 Å². The SMILES string of the molecule is CO[C@H]1/C=C/C[C@H](C)CS(=O)(NC(=O)NC2CC(CO)C2)=NC(=O)c2ccc3c(c2)N(C[C@@H]2CC[C@H]21)C[C@@]1(CCCc2cc(Cl)ccc21)CO3. The van der Waals surface area contributed by atoms with E-state index in [1.807, 2.05) is 25.1 Å². The fourth-order valence-electron chi connectivity index (χ4n) is 8.73. The van der Waals surface area contributed by atoms with E-state index in [-0.39, 0.29) is 41.8 Å². The van der Waals surface area contributed by atoms with E-state index in [0.717, 1.165) is 49.4 Å². The number of benzene rings is 2. The highest BCUT2D eigenvalue weighted by Crippen LogP contribution is 2.47. The monoisotopic (exact) mass is 724 g/mol. The molecule has 3 amide bonds. The molecule has 0 saturated heterocycles. The fraction of sp³-hybridized carbons (Fsp3) is 0.579. The number of hydrogen-bond donors (Lipinski definition) is 3. The second-order valence-electron chi connectivity index (χ2n) is 15.3. The summed E-state index contributed by atoms with van der Waals surface area (Å²) in [4.78, 5) is 29.4. The number of rotatable bonds is 4. The number of fused-ring (bicyclic) bond motifs is 4. The third-order valence-electron chi connectivity index (χ3n) is 11.6. The van der Waals surface area contributed by atoms with E-state index < -0.39 is 21.9 Å². The van der Waals surface area contributed by atoms with Crippen LogP contribution in [0.3, 0.4) is 0 Å². The molecule has 10 nitrogen and oxygen atoms in total. The summed E-state index contributed by atoms with van der Waals surface area (Å²) >= 11 is 6.45. The molecule has 2 fully saturated rings. The lowest BCUT2D eigenvalue weighted by molar-refractivity contribution is 0.0131. The molecular weight excluding hydrogens is 676 g/mol. The van der Waals surface area contributed by atoms with E-state index in [0.29, 0.717) is 55.6 Å². The number of aliphatic hydroxyl groups is 1. The molecule has 1 unspecified atom stereocenters. The minimum absolute atomic E-state index is 0.0102. The van der Waals surface area contributed by atoms with Crippen LogP contribution in [0.4, 0.5) is 10.5 Å². The summed E-state index contributed by atoms with van der Waals surface area (Å²) in [7, 11) is -1.74. The van der Waals surface area contributed by atoms with Gasteiger partial charge in [0.25, 0.3) is 5.91 Å². The number of carbonyl (C=O) groups excluding carboxylic acids is 2. The number of carbonyl (C=O) groups is 2. The molecule has 0 radical (unpaired) electrons. The predicted molar refractivity (Wildman–Crippen MR) is 195 cm³/mol. The van der Waals surface area contributed by atoms with Gasteiger partial charge in [0.2, 0.25) is 0 Å². The zero-order valence-electron chi connectivity index (χ0n) is 28.9. The Hall–Kier alpha value is -3.12. The number of anilines is 1. The Bertz CT molecular complexity index is 1770. The maximum atomic E-state index is 14.4. The molecule has 2 bridgehead atoms. The second kappa shape index (κ2) is 14.5. The summed E-state index contributed by atoms with van der Waals surface area (Å²) in [5, 5.41) is 12.9. The molecule has 3 N–H and O–H groups in total. The number of amides is 3. The first-order valence-corrected chi connectivity index (χ1v) is 20.1. The maximum Gasteiger partial charge on any atom is 0.327 e. The van der Waals surface area contributed by atoms with E-state index in [4.69, 9.17) is 21.1 Å². The Kier molecular flexibility index (Phi) is 10.2. The molecule has 6 atom stereocenters. The number of allylic oxidation sites excluding steroid dienone is 1. The van der Waals surface area contributed by atoms with Gasteiger partial charge >= 0.3 is 6.03 Å². The topological polar surface area (TPSA) is 130 Å². The predicted octanol–water partition coefficient (Wildman–Crippen LogP) is 6.04. The van der Waals surface area contributed by atoms with E-state index in [2.05, 4.69) is 43.6 Å². The second-order valence-corrected chi connectivity index (χ2v) is 17.7. The van der Waals surface area contributed by atoms with Crippen LogP contribution in [0.25, 0.3) is 0 Å². The fourth-order valence-corrected chi connectivity index (χ4v) is 10.8. The third-order valence-corrected chi connectivity index (χ3v) is 13.8. The molecule has 50 heavy (non-hydrogen) atoms. The van der Waals surface area contributed by atoms with Crippen LogP contribution in [0.2, 0.25) is 5.02 Å². The summed E-state index contributed by atoms with van der Waals surface area (Å²) in [5.74, 6) is 0.810. The first-order valence-electron chi connectivity index (χ1n) is 18.1. The van der Waals surface area contributed by atoms with E-state index in [9.17, 15) is 18.9 Å². The van der Waals surface area contributed by atoms with Crippen molar-refractivity contribution in [2.45, 2.75) is 75.9 Å². The highest BCUT2D eigenvalue weighted by molar-refractivity contribution is 7.92. The van der Waals surface area contributed by atoms with Crippen LogP contribution in [-0.4, -0.2) is 72.6 Å². The number of nitrogens with one attached hydrogen (secondary N) is 2. The van der Waals surface area contributed by atoms with Gasteiger partial charge in [0.05, 0.1) is 24.2 Å². The van der Waals surface area contributed by atoms with Crippen molar-refractivity contribution in [3.8, 4) is 5.75 Å². The molecule has 7 rings (SSSR count). The number of aliphatic hydroxyl groups excluding tert-OH is 1. The van der Waals surface area contributed by atoms with Crippen LogP contribution >= 0.6 is 11.6 Å². The molecule has 2 aromatic rings. The van der Waals surface area contributed by atoms with E-state index in [1.165, 1.54) is 11.1 Å². The highest BCUT2D eigenvalue weighted by atomic mass is 35.5. The van der Waals surface area contributed by atoms with Crippen LogP contribution in [0.5, 0.6) is 5.75 Å². The Morgan fingerprint density at radius 2 is 2.06 bits per heavy atom. The zero-order chi connectivity index (χ0) is 35.0. The van der Waals surface area contributed by atoms with Gasteiger partial charge in [0.15, 0.2) is 0 Å². The molecule has 0 aromatic heterocycles. The first-order chi connectivity index (χ1) is 24.1. The number of ether oxygens (including phenoxy) is 2. The number of hydrogen-bond acceptors (Lipinski definition) is 7. The summed E-state index contributed by atoms with van der Waals surface area (Å²) in [6, 6.07) is 10.8. The Balaban J connectivity index is 1.26. The quantitative estimate of drug-likeness (QED) is 0.328. The van der Waals surface area contributed by atoms with Crippen molar-refractivity contribution < 1.29 is 28.4 Å². The Morgan fingerprint density at radius 1 is 1.22 bits per heavy atom. The Morgan fingerprint density at radius 3 is 2.82 bits per heavy atom. The number of urea groups is 1. The number of methoxy groups -OCH3 is 1. The molecule has 2 aliphatic heterocycles. The van der Waals surface area contributed by atoms with E-state index >= 15 is 0 Å². The zero-order valence-corrected chi connectivity index (χ0v) is 30.5. The molecule has 2 heterocycles. The standard InChI is InChI=1S/C38H49ClN4O6S/c1-24-5-3-7-34(48-2)31-11-8-28(31)19-43-22-38(14-4-6-26-17-29(39)10-12-32(26)38)23-49-35-13-9-27(18-33(35)43)36(45)41-50(47,21-24)42-37(46)40-30-15-25(16-30)20-44/h3,7,9-10,12-13,17-18,24-25,28,30-31,34,44H,4-6,8,11,14-16,19-23H2,1-2H3,(H2,40,41,42,45,46,47)/b7-3+/t24-,25?,28-,30?,31+,34-,38-,50?/m0/s1. The molecule has 270 valence electrons. The lowest BCUT2D eigenvalue weighted by atomic mass is 9.68. The van der Waals surface area contributed by atoms with Crippen LogP contribution in [0.1, 0.15) is 73.4 Å². The smallest absolute Gasteiger partial charge is 0.327 e. The van der Waals surface area contributed by atoms with E-state index in [1.54, 1.807) is 13.2 Å². The molecule has 2 aromatic carbocycles. The van der Waals surface area contributed by atoms with Gasteiger partial charge in [-0.2, -0.15) is 0 Å². The van der Waals surface area contributed by atoms with Crippen LogP contribution in [0, 0.1) is 23.7 Å². The van der Waals surface area contributed by atoms with Crippen molar-refractivity contribution in [3.63, 3.8) is 0 Å². The van der Waals surface area contributed by atoms with Crippen molar-refractivity contribution in [2.75, 3.05) is 44.1 Å². The minimum atomic E-state index is -3.50. The third kappa shape index (κ3) is 7.29. The van der Waals surface area contributed by atoms with Gasteiger partial charge in [-0.25, -0.2) is 9.00 Å². The van der Waals surface area contributed by atoms with Gasteiger partial charge in [0.1, 0.15) is 15.7 Å². The van der Waals surface area contributed by atoms with Crippen LogP contribution < -0.4 is 19.7 Å². The number of aryl methyl sites for hydroxylation is 1. The lowest BCUT2D eigenvalue weighted by Crippen LogP contribution is -2.50. The minimum Gasteiger partial charge on any atom is -0.490 e. The average Bonchev–Trinajstić information content (AvgIpc) is 3.20. The largest absolute Gasteiger partial charge is 0.490 e. The molecule has 12 heteroatoms. The molecule has 5 aliphatic rings. The Labute approximate surface area is 300 Å².